The van der Waals surface area contributed by atoms with Crippen molar-refractivity contribution in [1.29, 1.82) is 0 Å². The van der Waals surface area contributed by atoms with E-state index in [1.54, 1.807) is 19.5 Å². The van der Waals surface area contributed by atoms with Gasteiger partial charge in [0, 0.05) is 18.7 Å². The standard InChI is InChI=1S/C23H22FN3O2/c1-15-13-27(14-25-15)20-9-7-16(11-21(20)29-2)8-10-22(28)26-23-18-6-4-3-5-17(18)12-19(23)24/h3-11,13-14,19,23H,12H2,1-2H3,(H,26,28)/t19-,23-/m1/s1. The molecule has 0 bridgehead atoms. The van der Waals surface area contributed by atoms with E-state index < -0.39 is 12.2 Å². The molecule has 1 heterocycles. The molecule has 5 nitrogen and oxygen atoms in total. The number of aromatic nitrogens is 2. The van der Waals surface area contributed by atoms with E-state index in [1.165, 1.54) is 6.08 Å². The van der Waals surface area contributed by atoms with Crippen molar-refractivity contribution in [2.75, 3.05) is 7.11 Å². The van der Waals surface area contributed by atoms with Gasteiger partial charge < -0.3 is 14.6 Å². The fourth-order valence-electron chi connectivity index (χ4n) is 3.65. The highest BCUT2D eigenvalue weighted by Gasteiger charge is 2.32. The second-order valence-electron chi connectivity index (χ2n) is 7.09. The second-order valence-corrected chi connectivity index (χ2v) is 7.09. The van der Waals surface area contributed by atoms with E-state index in [0.29, 0.717) is 12.2 Å². The van der Waals surface area contributed by atoms with Gasteiger partial charge in [0.1, 0.15) is 11.9 Å². The highest BCUT2D eigenvalue weighted by Crippen LogP contribution is 2.33. The van der Waals surface area contributed by atoms with Crippen LogP contribution in [0.2, 0.25) is 0 Å². The first kappa shape index (κ1) is 18.9. The van der Waals surface area contributed by atoms with Gasteiger partial charge in [-0.15, -0.1) is 0 Å². The van der Waals surface area contributed by atoms with Crippen molar-refractivity contribution in [2.24, 2.45) is 0 Å². The third-order valence-corrected chi connectivity index (χ3v) is 5.09. The maximum atomic E-state index is 14.3. The van der Waals surface area contributed by atoms with Crippen LogP contribution in [-0.4, -0.2) is 28.7 Å². The number of halogens is 1. The van der Waals surface area contributed by atoms with E-state index in [1.807, 2.05) is 60.2 Å². The summed E-state index contributed by atoms with van der Waals surface area (Å²) in [5.74, 6) is 0.334. The third-order valence-electron chi connectivity index (χ3n) is 5.09. The van der Waals surface area contributed by atoms with E-state index in [4.69, 9.17) is 4.74 Å². The van der Waals surface area contributed by atoms with Gasteiger partial charge in [0.05, 0.1) is 30.9 Å². The Balaban J connectivity index is 1.48. The monoisotopic (exact) mass is 391 g/mol. The molecule has 6 heteroatoms. The number of carbonyl (C=O) groups is 1. The Hall–Kier alpha value is -3.41. The fourth-order valence-corrected chi connectivity index (χ4v) is 3.65. The van der Waals surface area contributed by atoms with Gasteiger partial charge in [0.15, 0.2) is 0 Å². The maximum absolute atomic E-state index is 14.3. The number of benzene rings is 2. The zero-order chi connectivity index (χ0) is 20.4. The number of methoxy groups -OCH3 is 1. The number of nitrogens with zero attached hydrogens (tertiary/aromatic N) is 2. The highest BCUT2D eigenvalue weighted by molar-refractivity contribution is 5.92. The Kier molecular flexibility index (Phi) is 5.16. The van der Waals surface area contributed by atoms with Crippen LogP contribution in [0.25, 0.3) is 11.8 Å². The number of nitrogens with one attached hydrogen (secondary N) is 1. The molecular weight excluding hydrogens is 369 g/mol. The minimum Gasteiger partial charge on any atom is -0.495 e. The van der Waals surface area contributed by atoms with Crippen molar-refractivity contribution in [1.82, 2.24) is 14.9 Å². The molecule has 0 fully saturated rings. The summed E-state index contributed by atoms with van der Waals surface area (Å²) < 4.78 is 21.7. The van der Waals surface area contributed by atoms with Crippen molar-refractivity contribution in [3.63, 3.8) is 0 Å². The number of amides is 1. The van der Waals surface area contributed by atoms with Gasteiger partial charge in [-0.05, 0) is 41.8 Å². The molecule has 2 aromatic carbocycles. The van der Waals surface area contributed by atoms with Gasteiger partial charge in [-0.1, -0.05) is 30.3 Å². The molecule has 0 saturated carbocycles. The predicted molar refractivity (Wildman–Crippen MR) is 110 cm³/mol. The summed E-state index contributed by atoms with van der Waals surface area (Å²) in [6.45, 7) is 1.92. The van der Waals surface area contributed by atoms with Crippen molar-refractivity contribution in [3.8, 4) is 11.4 Å². The van der Waals surface area contributed by atoms with Crippen LogP contribution in [-0.2, 0) is 11.2 Å². The average molecular weight is 391 g/mol. The summed E-state index contributed by atoms with van der Waals surface area (Å²) in [4.78, 5) is 16.6. The zero-order valence-electron chi connectivity index (χ0n) is 16.3. The highest BCUT2D eigenvalue weighted by atomic mass is 19.1. The van der Waals surface area contributed by atoms with Crippen LogP contribution in [0.1, 0.15) is 28.4 Å². The second kappa shape index (κ2) is 7.91. The molecule has 1 aliphatic carbocycles. The van der Waals surface area contributed by atoms with Crippen molar-refractivity contribution in [3.05, 3.63) is 83.4 Å². The van der Waals surface area contributed by atoms with Gasteiger partial charge in [-0.2, -0.15) is 0 Å². The van der Waals surface area contributed by atoms with E-state index in [-0.39, 0.29) is 5.91 Å². The Bertz CT molecular complexity index is 1070. The number of hydrogen-bond acceptors (Lipinski definition) is 3. The minimum atomic E-state index is -1.11. The normalized spacial score (nSPS) is 18.0. The van der Waals surface area contributed by atoms with Gasteiger partial charge >= 0.3 is 0 Å². The lowest BCUT2D eigenvalue weighted by Crippen LogP contribution is -2.30. The molecule has 0 aliphatic heterocycles. The van der Waals surface area contributed by atoms with Crippen LogP contribution in [0, 0.1) is 6.92 Å². The summed E-state index contributed by atoms with van der Waals surface area (Å²) in [5, 5.41) is 2.78. The molecular formula is C23H22FN3O2. The number of aryl methyl sites for hydroxylation is 1. The average Bonchev–Trinajstić information content (AvgIpc) is 3.29. The van der Waals surface area contributed by atoms with E-state index >= 15 is 0 Å². The summed E-state index contributed by atoms with van der Waals surface area (Å²) >= 11 is 0. The van der Waals surface area contributed by atoms with Crippen LogP contribution in [0.4, 0.5) is 4.39 Å². The van der Waals surface area contributed by atoms with Crippen LogP contribution >= 0.6 is 0 Å². The number of hydrogen-bond donors (Lipinski definition) is 1. The van der Waals surface area contributed by atoms with Gasteiger partial charge in [-0.3, -0.25) is 4.79 Å². The Labute approximate surface area is 168 Å². The Morgan fingerprint density at radius 3 is 2.90 bits per heavy atom. The molecule has 29 heavy (non-hydrogen) atoms. The summed E-state index contributed by atoms with van der Waals surface area (Å²) in [7, 11) is 1.60. The molecule has 0 spiro atoms. The lowest BCUT2D eigenvalue weighted by Gasteiger charge is -2.15. The molecule has 148 valence electrons. The molecule has 4 rings (SSSR count). The molecule has 0 radical (unpaired) electrons. The van der Waals surface area contributed by atoms with Crippen LogP contribution in [0.3, 0.4) is 0 Å². The number of imidazole rings is 1. The van der Waals surface area contributed by atoms with Crippen molar-refractivity contribution >= 4 is 12.0 Å². The molecule has 1 amide bonds. The lowest BCUT2D eigenvalue weighted by molar-refractivity contribution is -0.117. The number of fused-ring (bicyclic) bond motifs is 1. The van der Waals surface area contributed by atoms with Gasteiger partial charge in [0.25, 0.3) is 0 Å². The molecule has 0 saturated heterocycles. The first-order valence-electron chi connectivity index (χ1n) is 9.44. The van der Waals surface area contributed by atoms with Crippen molar-refractivity contribution < 1.29 is 13.9 Å². The fraction of sp³-hybridized carbons (Fsp3) is 0.217. The first-order chi connectivity index (χ1) is 14.0. The minimum absolute atomic E-state index is 0.331. The summed E-state index contributed by atoms with van der Waals surface area (Å²) in [6, 6.07) is 12.5. The number of carbonyl (C=O) groups excluding carboxylic acids is 1. The molecule has 0 unspecified atom stereocenters. The van der Waals surface area contributed by atoms with Crippen LogP contribution in [0.5, 0.6) is 5.75 Å². The van der Waals surface area contributed by atoms with E-state index in [2.05, 4.69) is 10.3 Å². The number of ether oxygens (including phenoxy) is 1. The first-order valence-corrected chi connectivity index (χ1v) is 9.44. The number of alkyl halides is 1. The third kappa shape index (κ3) is 3.92. The predicted octanol–water partition coefficient (Wildman–Crippen LogP) is 3.95. The Morgan fingerprint density at radius 2 is 2.14 bits per heavy atom. The largest absolute Gasteiger partial charge is 0.495 e. The molecule has 3 aromatic rings. The van der Waals surface area contributed by atoms with E-state index in [0.717, 1.165) is 28.1 Å². The van der Waals surface area contributed by atoms with Crippen LogP contribution < -0.4 is 10.1 Å². The number of rotatable bonds is 5. The Morgan fingerprint density at radius 1 is 1.31 bits per heavy atom. The molecule has 2 atom stereocenters. The zero-order valence-corrected chi connectivity index (χ0v) is 16.3. The van der Waals surface area contributed by atoms with Crippen molar-refractivity contribution in [2.45, 2.75) is 25.6 Å². The van der Waals surface area contributed by atoms with Gasteiger partial charge in [-0.25, -0.2) is 9.37 Å². The smallest absolute Gasteiger partial charge is 0.244 e. The topological polar surface area (TPSA) is 56.1 Å². The molecule has 1 aliphatic rings. The quantitative estimate of drug-likeness (QED) is 0.670. The SMILES string of the molecule is COc1cc(C=CC(=O)N[C@@H]2c3ccccc3C[C@H]2F)ccc1-n1cnc(C)c1. The lowest BCUT2D eigenvalue weighted by atomic mass is 10.1. The van der Waals surface area contributed by atoms with E-state index in [9.17, 15) is 9.18 Å². The van der Waals surface area contributed by atoms with Gasteiger partial charge in [0.2, 0.25) is 5.91 Å². The maximum Gasteiger partial charge on any atom is 0.244 e. The molecule has 1 aromatic heterocycles. The molecule has 1 N–H and O–H groups in total. The summed E-state index contributed by atoms with van der Waals surface area (Å²) in [5.41, 5.74) is 4.37. The summed E-state index contributed by atoms with van der Waals surface area (Å²) in [6.07, 6.45) is 5.97. The van der Waals surface area contributed by atoms with Crippen LogP contribution in [0.15, 0.2) is 61.1 Å².